The summed E-state index contributed by atoms with van der Waals surface area (Å²) in [5, 5.41) is 12.4. The van der Waals surface area contributed by atoms with Gasteiger partial charge >= 0.3 is 0 Å². The van der Waals surface area contributed by atoms with Crippen molar-refractivity contribution in [1.82, 2.24) is 4.90 Å². The summed E-state index contributed by atoms with van der Waals surface area (Å²) in [5.41, 5.74) is 0.732. The van der Waals surface area contributed by atoms with Crippen LogP contribution in [0.3, 0.4) is 0 Å². The Kier molecular flexibility index (Phi) is 5.90. The van der Waals surface area contributed by atoms with E-state index in [-0.39, 0.29) is 11.9 Å². The van der Waals surface area contributed by atoms with Gasteiger partial charge in [-0.1, -0.05) is 0 Å². The second-order valence-electron chi connectivity index (χ2n) is 4.93. The average Bonchev–Trinajstić information content (AvgIpc) is 2.98. The van der Waals surface area contributed by atoms with Gasteiger partial charge in [-0.05, 0) is 49.3 Å². The first-order valence-electron chi connectivity index (χ1n) is 6.99. The Morgan fingerprint density at radius 1 is 1.48 bits per heavy atom. The van der Waals surface area contributed by atoms with Crippen LogP contribution in [-0.4, -0.2) is 35.8 Å². The number of anilines is 1. The van der Waals surface area contributed by atoms with Crippen LogP contribution in [0.2, 0.25) is 0 Å². The van der Waals surface area contributed by atoms with E-state index in [0.29, 0.717) is 24.6 Å². The van der Waals surface area contributed by atoms with Gasteiger partial charge in [0.25, 0.3) is 0 Å². The van der Waals surface area contributed by atoms with Gasteiger partial charge in [0.05, 0.1) is 18.6 Å². The molecular formula is C15H18FN3OS. The van der Waals surface area contributed by atoms with Crippen LogP contribution in [0.5, 0.6) is 0 Å². The van der Waals surface area contributed by atoms with E-state index in [0.717, 1.165) is 25.1 Å². The number of rotatable bonds is 5. The highest BCUT2D eigenvalue weighted by Gasteiger charge is 2.20. The van der Waals surface area contributed by atoms with Crippen molar-refractivity contribution in [1.29, 1.82) is 5.26 Å². The molecule has 112 valence electrons. The maximum atomic E-state index is 12.9. The van der Waals surface area contributed by atoms with Crippen LogP contribution in [0, 0.1) is 17.1 Å². The third-order valence-corrected chi connectivity index (χ3v) is 3.68. The lowest BCUT2D eigenvalue weighted by Crippen LogP contribution is -2.40. The minimum atomic E-state index is -0.285. The number of thiocarbonyl (C=S) groups is 1. The molecule has 1 heterocycles. The number of benzene rings is 1. The second-order valence-corrected chi connectivity index (χ2v) is 5.31. The van der Waals surface area contributed by atoms with Crippen molar-refractivity contribution < 1.29 is 9.13 Å². The number of nitrogens with one attached hydrogen (secondary N) is 1. The number of nitrogens with zero attached hydrogens (tertiary/aromatic N) is 2. The summed E-state index contributed by atoms with van der Waals surface area (Å²) in [7, 11) is 0. The standard InChI is InChI=1S/C15H18FN3OS/c16-12-4-6-13(7-5-12)18-15(21)19(9-2-8-17)11-14-3-1-10-20-14/h4-7,14H,1-3,9-11H2,(H,18,21). The molecule has 0 bridgehead atoms. The van der Waals surface area contributed by atoms with E-state index in [2.05, 4.69) is 11.4 Å². The number of hydrogen-bond acceptors (Lipinski definition) is 3. The van der Waals surface area contributed by atoms with Crippen LogP contribution >= 0.6 is 12.2 Å². The SMILES string of the molecule is N#CCCN(CC1CCCO1)C(=S)Nc1ccc(F)cc1. The lowest BCUT2D eigenvalue weighted by Gasteiger charge is -2.27. The fourth-order valence-corrected chi connectivity index (χ4v) is 2.51. The molecule has 0 spiro atoms. The summed E-state index contributed by atoms with van der Waals surface area (Å²) < 4.78 is 18.5. The molecular weight excluding hydrogens is 289 g/mol. The molecule has 1 unspecified atom stereocenters. The normalized spacial score (nSPS) is 17.2. The van der Waals surface area contributed by atoms with Gasteiger partial charge in [-0.3, -0.25) is 0 Å². The van der Waals surface area contributed by atoms with Gasteiger partial charge in [0.15, 0.2) is 5.11 Å². The molecule has 1 aromatic rings. The minimum Gasteiger partial charge on any atom is -0.376 e. The largest absolute Gasteiger partial charge is 0.376 e. The molecule has 1 saturated heterocycles. The number of hydrogen-bond donors (Lipinski definition) is 1. The summed E-state index contributed by atoms with van der Waals surface area (Å²) in [6, 6.07) is 8.16. The fourth-order valence-electron chi connectivity index (χ4n) is 2.23. The molecule has 6 heteroatoms. The molecule has 1 aromatic carbocycles. The first kappa shape index (κ1) is 15.7. The zero-order chi connectivity index (χ0) is 15.1. The highest BCUT2D eigenvalue weighted by Crippen LogP contribution is 2.15. The Morgan fingerprint density at radius 3 is 2.86 bits per heavy atom. The molecule has 1 atom stereocenters. The molecule has 1 N–H and O–H groups in total. The minimum absolute atomic E-state index is 0.164. The Labute approximate surface area is 129 Å². The third kappa shape index (κ3) is 4.96. The Balaban J connectivity index is 1.95. The summed E-state index contributed by atoms with van der Waals surface area (Å²) in [4.78, 5) is 1.94. The molecule has 4 nitrogen and oxygen atoms in total. The van der Waals surface area contributed by atoms with Crippen molar-refractivity contribution in [2.45, 2.75) is 25.4 Å². The topological polar surface area (TPSA) is 48.3 Å². The molecule has 0 aromatic heterocycles. The van der Waals surface area contributed by atoms with Gasteiger partial charge in [-0.2, -0.15) is 5.26 Å². The highest BCUT2D eigenvalue weighted by molar-refractivity contribution is 7.80. The van der Waals surface area contributed by atoms with E-state index in [4.69, 9.17) is 22.2 Å². The summed E-state index contributed by atoms with van der Waals surface area (Å²) >= 11 is 5.39. The molecule has 2 rings (SSSR count). The van der Waals surface area contributed by atoms with Crippen LogP contribution in [0.25, 0.3) is 0 Å². The van der Waals surface area contributed by atoms with Crippen molar-refractivity contribution in [3.63, 3.8) is 0 Å². The number of nitriles is 1. The molecule has 21 heavy (non-hydrogen) atoms. The molecule has 0 aliphatic carbocycles. The monoisotopic (exact) mass is 307 g/mol. The summed E-state index contributed by atoms with van der Waals surface area (Å²) in [5.74, 6) is -0.285. The first-order valence-corrected chi connectivity index (χ1v) is 7.40. The van der Waals surface area contributed by atoms with E-state index in [1.54, 1.807) is 12.1 Å². The highest BCUT2D eigenvalue weighted by atomic mass is 32.1. The maximum absolute atomic E-state index is 12.9. The van der Waals surface area contributed by atoms with Crippen LogP contribution in [0.1, 0.15) is 19.3 Å². The maximum Gasteiger partial charge on any atom is 0.173 e. The summed E-state index contributed by atoms with van der Waals surface area (Å²) in [6.45, 7) is 2.02. The predicted molar refractivity (Wildman–Crippen MR) is 83.4 cm³/mol. The van der Waals surface area contributed by atoms with E-state index >= 15 is 0 Å². The fraction of sp³-hybridized carbons (Fsp3) is 0.467. The molecule has 0 radical (unpaired) electrons. The average molecular weight is 307 g/mol. The van der Waals surface area contributed by atoms with Gasteiger partial charge in [0.2, 0.25) is 0 Å². The first-order chi connectivity index (χ1) is 10.2. The number of halogens is 1. The predicted octanol–water partition coefficient (Wildman–Crippen LogP) is 2.92. The van der Waals surface area contributed by atoms with Gasteiger partial charge in [-0.15, -0.1) is 0 Å². The van der Waals surface area contributed by atoms with Crippen molar-refractivity contribution in [3.8, 4) is 6.07 Å². The van der Waals surface area contributed by atoms with Gasteiger partial charge in [0, 0.05) is 25.4 Å². The van der Waals surface area contributed by atoms with Crippen molar-refractivity contribution >= 4 is 23.0 Å². The van der Waals surface area contributed by atoms with E-state index < -0.39 is 0 Å². The third-order valence-electron chi connectivity index (χ3n) is 3.32. The second kappa shape index (κ2) is 7.91. The molecule has 1 aliphatic rings. The Morgan fingerprint density at radius 2 is 2.24 bits per heavy atom. The molecule has 0 saturated carbocycles. The van der Waals surface area contributed by atoms with Crippen LogP contribution in [-0.2, 0) is 4.74 Å². The van der Waals surface area contributed by atoms with Crippen molar-refractivity contribution in [2.24, 2.45) is 0 Å². The Hall–Kier alpha value is -1.71. The molecule has 1 aliphatic heterocycles. The number of ether oxygens (including phenoxy) is 1. The molecule has 1 fully saturated rings. The Bertz CT molecular complexity index is 509. The zero-order valence-electron chi connectivity index (χ0n) is 11.7. The van der Waals surface area contributed by atoms with Crippen LogP contribution in [0.15, 0.2) is 24.3 Å². The van der Waals surface area contributed by atoms with E-state index in [1.165, 1.54) is 12.1 Å². The van der Waals surface area contributed by atoms with Gasteiger partial charge in [-0.25, -0.2) is 4.39 Å². The van der Waals surface area contributed by atoms with Gasteiger partial charge < -0.3 is 15.0 Å². The smallest absolute Gasteiger partial charge is 0.173 e. The van der Waals surface area contributed by atoms with E-state index in [1.807, 2.05) is 4.90 Å². The van der Waals surface area contributed by atoms with E-state index in [9.17, 15) is 4.39 Å². The van der Waals surface area contributed by atoms with Crippen LogP contribution < -0.4 is 5.32 Å². The lowest BCUT2D eigenvalue weighted by molar-refractivity contribution is 0.0922. The summed E-state index contributed by atoms with van der Waals surface area (Å²) in [6.07, 6.45) is 2.64. The molecule has 0 amide bonds. The van der Waals surface area contributed by atoms with Crippen molar-refractivity contribution in [3.05, 3.63) is 30.1 Å². The lowest BCUT2D eigenvalue weighted by atomic mass is 10.2. The van der Waals surface area contributed by atoms with Crippen molar-refractivity contribution in [2.75, 3.05) is 25.0 Å². The van der Waals surface area contributed by atoms with Gasteiger partial charge in [0.1, 0.15) is 5.82 Å². The quantitative estimate of drug-likeness (QED) is 0.848. The zero-order valence-corrected chi connectivity index (χ0v) is 12.5. The van der Waals surface area contributed by atoms with Crippen LogP contribution in [0.4, 0.5) is 10.1 Å².